The first kappa shape index (κ1) is 17.1. The van der Waals surface area contributed by atoms with Crippen LogP contribution in [0.2, 0.25) is 0 Å². The number of hydrogen-bond acceptors (Lipinski definition) is 5. The quantitative estimate of drug-likeness (QED) is 0.878. The third kappa shape index (κ3) is 3.53. The van der Waals surface area contributed by atoms with Crippen molar-refractivity contribution in [1.82, 2.24) is 19.9 Å². The van der Waals surface area contributed by atoms with E-state index in [-0.39, 0.29) is 25.5 Å². The van der Waals surface area contributed by atoms with Gasteiger partial charge in [0.2, 0.25) is 5.91 Å². The highest BCUT2D eigenvalue weighted by atomic mass is 16.5. The largest absolute Gasteiger partial charge is 0.480 e. The van der Waals surface area contributed by atoms with Gasteiger partial charge in [0.1, 0.15) is 0 Å². The van der Waals surface area contributed by atoms with Crippen LogP contribution in [0.4, 0.5) is 0 Å². The number of carbonyl (C=O) groups is 2. The Morgan fingerprint density at radius 3 is 2.68 bits per heavy atom. The van der Waals surface area contributed by atoms with Gasteiger partial charge in [-0.25, -0.2) is 9.48 Å². The van der Waals surface area contributed by atoms with Gasteiger partial charge in [0.25, 0.3) is 0 Å². The number of benzene rings is 1. The number of rotatable bonds is 4. The van der Waals surface area contributed by atoms with E-state index in [1.807, 2.05) is 38.1 Å². The number of carbonyl (C=O) groups excluding carboxylic acids is 1. The lowest BCUT2D eigenvalue weighted by Crippen LogP contribution is -2.53. The molecule has 3 rings (SSSR count). The third-order valence-corrected chi connectivity index (χ3v) is 4.32. The van der Waals surface area contributed by atoms with Crippen molar-refractivity contribution in [2.75, 3.05) is 19.8 Å². The summed E-state index contributed by atoms with van der Waals surface area (Å²) in [6.45, 7) is 4.46. The van der Waals surface area contributed by atoms with Crippen LogP contribution in [0.1, 0.15) is 17.0 Å². The molecule has 1 aliphatic rings. The Kier molecular flexibility index (Phi) is 4.80. The zero-order chi connectivity index (χ0) is 18.0. The molecule has 1 aromatic carbocycles. The normalized spacial score (nSPS) is 17.5. The monoisotopic (exact) mass is 344 g/mol. The number of aliphatic carboxylic acids is 1. The first-order valence-corrected chi connectivity index (χ1v) is 8.05. The van der Waals surface area contributed by atoms with Crippen molar-refractivity contribution in [3.05, 3.63) is 41.2 Å². The third-order valence-electron chi connectivity index (χ3n) is 4.32. The molecule has 25 heavy (non-hydrogen) atoms. The summed E-state index contributed by atoms with van der Waals surface area (Å²) >= 11 is 0. The van der Waals surface area contributed by atoms with E-state index in [0.29, 0.717) is 12.3 Å². The molecule has 1 aliphatic heterocycles. The Morgan fingerprint density at radius 1 is 1.28 bits per heavy atom. The van der Waals surface area contributed by atoms with Gasteiger partial charge >= 0.3 is 5.97 Å². The van der Waals surface area contributed by atoms with Gasteiger partial charge in [-0.3, -0.25) is 4.79 Å². The van der Waals surface area contributed by atoms with Gasteiger partial charge in [-0.15, -0.1) is 5.10 Å². The first-order valence-electron chi connectivity index (χ1n) is 8.05. The lowest BCUT2D eigenvalue weighted by Gasteiger charge is -2.32. The molecule has 1 fully saturated rings. The highest BCUT2D eigenvalue weighted by Gasteiger charge is 2.33. The predicted octanol–water partition coefficient (Wildman–Crippen LogP) is 0.739. The minimum atomic E-state index is -1.06. The van der Waals surface area contributed by atoms with Crippen molar-refractivity contribution in [2.45, 2.75) is 26.3 Å². The lowest BCUT2D eigenvalue weighted by molar-refractivity contribution is -0.158. The van der Waals surface area contributed by atoms with E-state index in [1.54, 1.807) is 4.68 Å². The molecule has 132 valence electrons. The zero-order valence-electron chi connectivity index (χ0n) is 14.2. The molecular formula is C17H20N4O4. The van der Waals surface area contributed by atoms with Crippen molar-refractivity contribution < 1.29 is 19.4 Å². The first-order chi connectivity index (χ1) is 12.0. The maximum atomic E-state index is 12.6. The number of hydrogen-bond donors (Lipinski definition) is 1. The van der Waals surface area contributed by atoms with E-state index in [4.69, 9.17) is 4.74 Å². The summed E-state index contributed by atoms with van der Waals surface area (Å²) in [6, 6.07) is 6.88. The number of amides is 1. The van der Waals surface area contributed by atoms with Gasteiger partial charge < -0.3 is 14.7 Å². The molecule has 2 heterocycles. The van der Waals surface area contributed by atoms with Crippen molar-refractivity contribution in [2.24, 2.45) is 0 Å². The van der Waals surface area contributed by atoms with E-state index in [1.165, 1.54) is 4.90 Å². The van der Waals surface area contributed by atoms with Crippen LogP contribution < -0.4 is 0 Å². The summed E-state index contributed by atoms with van der Waals surface area (Å²) in [4.78, 5) is 25.2. The Balaban J connectivity index is 1.78. The van der Waals surface area contributed by atoms with E-state index in [0.717, 1.165) is 16.9 Å². The minimum absolute atomic E-state index is 0.0100. The van der Waals surface area contributed by atoms with Gasteiger partial charge in [0.05, 0.1) is 36.7 Å². The fourth-order valence-electron chi connectivity index (χ4n) is 2.81. The second-order valence-corrected chi connectivity index (χ2v) is 6.06. The summed E-state index contributed by atoms with van der Waals surface area (Å²) in [7, 11) is 0. The predicted molar refractivity (Wildman–Crippen MR) is 88.5 cm³/mol. The molecule has 0 saturated carbocycles. The van der Waals surface area contributed by atoms with Crippen LogP contribution in [0.3, 0.4) is 0 Å². The summed E-state index contributed by atoms with van der Waals surface area (Å²) in [5.41, 5.74) is 3.31. The number of ether oxygens (including phenoxy) is 1. The van der Waals surface area contributed by atoms with Crippen molar-refractivity contribution >= 4 is 11.9 Å². The van der Waals surface area contributed by atoms with E-state index < -0.39 is 12.0 Å². The van der Waals surface area contributed by atoms with Crippen LogP contribution in [-0.4, -0.2) is 62.7 Å². The highest BCUT2D eigenvalue weighted by molar-refractivity contribution is 5.85. The number of aryl methyl sites for hydroxylation is 1. The molecule has 2 aromatic rings. The molecular weight excluding hydrogens is 324 g/mol. The van der Waals surface area contributed by atoms with Crippen LogP contribution in [0.15, 0.2) is 24.3 Å². The standard InChI is InChI=1S/C17H20N4O4/c1-11-3-5-13(6-4-11)21-12(2)14(18-19-21)9-16(22)20-7-8-25-10-15(20)17(23)24/h3-6,15H,7-10H2,1-2H3,(H,23,24). The molecule has 0 spiro atoms. The summed E-state index contributed by atoms with van der Waals surface area (Å²) in [5.74, 6) is -1.34. The second-order valence-electron chi connectivity index (χ2n) is 6.06. The van der Waals surface area contributed by atoms with E-state index in [9.17, 15) is 14.7 Å². The molecule has 8 nitrogen and oxygen atoms in total. The van der Waals surface area contributed by atoms with Crippen molar-refractivity contribution in [1.29, 1.82) is 0 Å². The zero-order valence-corrected chi connectivity index (χ0v) is 14.2. The lowest BCUT2D eigenvalue weighted by atomic mass is 10.1. The molecule has 1 N–H and O–H groups in total. The number of nitrogens with zero attached hydrogens (tertiary/aromatic N) is 4. The maximum Gasteiger partial charge on any atom is 0.328 e. The molecule has 0 aliphatic carbocycles. The maximum absolute atomic E-state index is 12.6. The van der Waals surface area contributed by atoms with Gasteiger partial charge in [-0.1, -0.05) is 22.9 Å². The molecule has 0 bridgehead atoms. The molecule has 1 aromatic heterocycles. The number of aromatic nitrogens is 3. The van der Waals surface area contributed by atoms with Gasteiger partial charge in [0.15, 0.2) is 6.04 Å². The van der Waals surface area contributed by atoms with Crippen molar-refractivity contribution in [3.8, 4) is 5.69 Å². The van der Waals surface area contributed by atoms with Crippen molar-refractivity contribution in [3.63, 3.8) is 0 Å². The fraction of sp³-hybridized carbons (Fsp3) is 0.412. The average molecular weight is 344 g/mol. The van der Waals surface area contributed by atoms with Crippen LogP contribution in [0, 0.1) is 13.8 Å². The molecule has 0 radical (unpaired) electrons. The fourth-order valence-corrected chi connectivity index (χ4v) is 2.81. The molecule has 8 heteroatoms. The number of carboxylic acids is 1. The molecule has 1 atom stereocenters. The molecule has 1 unspecified atom stereocenters. The summed E-state index contributed by atoms with van der Waals surface area (Å²) < 4.78 is 6.84. The Labute approximate surface area is 145 Å². The topological polar surface area (TPSA) is 97.5 Å². The Morgan fingerprint density at radius 2 is 2.00 bits per heavy atom. The van der Waals surface area contributed by atoms with E-state index in [2.05, 4.69) is 10.3 Å². The van der Waals surface area contributed by atoms with Gasteiger partial charge in [-0.05, 0) is 26.0 Å². The average Bonchev–Trinajstić information content (AvgIpc) is 2.96. The second kappa shape index (κ2) is 7.02. The smallest absolute Gasteiger partial charge is 0.328 e. The van der Waals surface area contributed by atoms with Gasteiger partial charge in [0, 0.05) is 6.54 Å². The minimum Gasteiger partial charge on any atom is -0.480 e. The van der Waals surface area contributed by atoms with Crippen LogP contribution in [0.25, 0.3) is 5.69 Å². The van der Waals surface area contributed by atoms with Crippen LogP contribution in [-0.2, 0) is 20.7 Å². The summed E-state index contributed by atoms with van der Waals surface area (Å²) in [6.07, 6.45) is 0.0154. The molecule has 1 amide bonds. The van der Waals surface area contributed by atoms with Crippen LogP contribution >= 0.6 is 0 Å². The highest BCUT2D eigenvalue weighted by Crippen LogP contribution is 2.15. The van der Waals surface area contributed by atoms with Gasteiger partial charge in [-0.2, -0.15) is 0 Å². The SMILES string of the molecule is Cc1ccc(-n2nnc(CC(=O)N3CCOCC3C(=O)O)c2C)cc1. The molecule has 1 saturated heterocycles. The van der Waals surface area contributed by atoms with Crippen LogP contribution in [0.5, 0.6) is 0 Å². The Bertz CT molecular complexity index is 784. The number of morpholine rings is 1. The number of carboxylic acid groups (broad SMARTS) is 1. The Hall–Kier alpha value is -2.74. The van der Waals surface area contributed by atoms with E-state index >= 15 is 0 Å². The summed E-state index contributed by atoms with van der Waals surface area (Å²) in [5, 5.41) is 17.5.